The molecule has 3 heterocycles. The molecule has 0 saturated carbocycles. The third kappa shape index (κ3) is 3.76. The summed E-state index contributed by atoms with van der Waals surface area (Å²) in [7, 11) is 0. The van der Waals surface area contributed by atoms with Gasteiger partial charge in [0.2, 0.25) is 17.6 Å². The lowest BCUT2D eigenvalue weighted by Crippen LogP contribution is -2.27. The Bertz CT molecular complexity index is 755. The van der Waals surface area contributed by atoms with Crippen LogP contribution in [0.2, 0.25) is 0 Å². The van der Waals surface area contributed by atoms with Crippen molar-refractivity contribution < 1.29 is 9.32 Å². The molecule has 0 fully saturated rings. The first kappa shape index (κ1) is 14.8. The minimum absolute atomic E-state index is 0.128. The van der Waals surface area contributed by atoms with Crippen LogP contribution in [0.15, 0.2) is 41.7 Å². The van der Waals surface area contributed by atoms with Crippen molar-refractivity contribution in [2.75, 3.05) is 0 Å². The van der Waals surface area contributed by atoms with Crippen LogP contribution in [0.4, 0.5) is 0 Å². The molecule has 9 heteroatoms. The smallest absolute Gasteiger partial charge is 0.249 e. The normalized spacial score (nSPS) is 12.0. The number of aryl methyl sites for hydroxylation is 1. The molecule has 0 radical (unpaired) electrons. The Kier molecular flexibility index (Phi) is 4.37. The fourth-order valence-corrected chi connectivity index (χ4v) is 1.97. The zero-order valence-corrected chi connectivity index (χ0v) is 12.5. The van der Waals surface area contributed by atoms with Crippen LogP contribution in [-0.4, -0.2) is 35.8 Å². The first-order valence-electron chi connectivity index (χ1n) is 7.08. The van der Waals surface area contributed by atoms with E-state index >= 15 is 0 Å². The lowest BCUT2D eigenvalue weighted by molar-refractivity contribution is -0.122. The van der Waals surface area contributed by atoms with E-state index in [1.165, 1.54) is 6.33 Å². The molecule has 23 heavy (non-hydrogen) atoms. The number of hydrogen-bond acceptors (Lipinski definition) is 7. The molecule has 3 aromatic heterocycles. The van der Waals surface area contributed by atoms with Gasteiger partial charge in [-0.25, -0.2) is 4.98 Å². The lowest BCUT2D eigenvalue weighted by Gasteiger charge is -2.09. The van der Waals surface area contributed by atoms with Crippen LogP contribution in [0.3, 0.4) is 0 Å². The number of rotatable bonds is 6. The molecule has 0 aliphatic carbocycles. The first-order valence-corrected chi connectivity index (χ1v) is 7.08. The first-order chi connectivity index (χ1) is 11.2. The number of nitrogens with zero attached hydrogens (tertiary/aromatic N) is 6. The average Bonchev–Trinajstić information content (AvgIpc) is 3.25. The zero-order chi connectivity index (χ0) is 16.1. The topological polar surface area (TPSA) is 112 Å². The highest BCUT2D eigenvalue weighted by Crippen LogP contribution is 2.17. The van der Waals surface area contributed by atoms with Gasteiger partial charge in [-0.3, -0.25) is 14.5 Å². The predicted octanol–water partition coefficient (Wildman–Crippen LogP) is 0.991. The Balaban J connectivity index is 1.57. The number of pyridine rings is 1. The van der Waals surface area contributed by atoms with Crippen molar-refractivity contribution in [3.05, 3.63) is 43.1 Å². The van der Waals surface area contributed by atoms with Crippen molar-refractivity contribution in [3.8, 4) is 11.4 Å². The summed E-state index contributed by atoms with van der Waals surface area (Å²) < 4.78 is 6.80. The van der Waals surface area contributed by atoms with E-state index in [-0.39, 0.29) is 11.9 Å². The fourth-order valence-electron chi connectivity index (χ4n) is 1.97. The summed E-state index contributed by atoms with van der Waals surface area (Å²) in [6.45, 7) is 2.25. The summed E-state index contributed by atoms with van der Waals surface area (Å²) in [6.07, 6.45) is 6.59. The van der Waals surface area contributed by atoms with E-state index in [4.69, 9.17) is 4.52 Å². The molecule has 1 atom stereocenters. The number of carbonyl (C=O) groups is 1. The molecule has 0 aromatic carbocycles. The summed E-state index contributed by atoms with van der Waals surface area (Å²) in [5.74, 6) is 0.689. The van der Waals surface area contributed by atoms with Gasteiger partial charge in [-0.05, 0) is 19.1 Å². The van der Waals surface area contributed by atoms with E-state index in [9.17, 15) is 4.79 Å². The van der Waals surface area contributed by atoms with Crippen LogP contribution in [-0.2, 0) is 11.3 Å². The summed E-state index contributed by atoms with van der Waals surface area (Å²) in [5.41, 5.74) is 0.805. The summed E-state index contributed by atoms with van der Waals surface area (Å²) in [5, 5.41) is 10.7. The molecular weight excluding hydrogens is 298 g/mol. The quantitative estimate of drug-likeness (QED) is 0.722. The number of carbonyl (C=O) groups excluding carboxylic acids is 1. The summed E-state index contributed by atoms with van der Waals surface area (Å²) in [4.78, 5) is 24.0. The molecule has 3 aromatic rings. The van der Waals surface area contributed by atoms with Gasteiger partial charge in [-0.2, -0.15) is 10.1 Å². The predicted molar refractivity (Wildman–Crippen MR) is 78.7 cm³/mol. The monoisotopic (exact) mass is 313 g/mol. The summed E-state index contributed by atoms with van der Waals surface area (Å²) >= 11 is 0. The Morgan fingerprint density at radius 1 is 1.35 bits per heavy atom. The van der Waals surface area contributed by atoms with Gasteiger partial charge in [-0.1, -0.05) is 5.16 Å². The maximum Gasteiger partial charge on any atom is 0.249 e. The minimum Gasteiger partial charge on any atom is -0.345 e. The maximum atomic E-state index is 11.9. The van der Waals surface area contributed by atoms with Crippen LogP contribution < -0.4 is 5.32 Å². The second kappa shape index (κ2) is 6.77. The molecule has 0 saturated heterocycles. The SMILES string of the molecule is C[C@@H](NC(=O)CCn1cncn1)c1nc(-c2ccncc2)no1. The Labute approximate surface area is 131 Å². The van der Waals surface area contributed by atoms with Gasteiger partial charge in [0, 0.05) is 24.4 Å². The number of nitrogens with one attached hydrogen (secondary N) is 1. The Morgan fingerprint density at radius 2 is 2.17 bits per heavy atom. The Hall–Kier alpha value is -3.10. The molecule has 0 aliphatic rings. The largest absolute Gasteiger partial charge is 0.345 e. The molecule has 0 aliphatic heterocycles. The highest BCUT2D eigenvalue weighted by molar-refractivity contribution is 5.76. The fraction of sp³-hybridized carbons (Fsp3) is 0.286. The molecule has 0 unspecified atom stereocenters. The summed E-state index contributed by atoms with van der Waals surface area (Å²) in [6, 6.07) is 3.20. The van der Waals surface area contributed by atoms with Gasteiger partial charge in [0.05, 0.1) is 6.54 Å². The minimum atomic E-state index is -0.374. The second-order valence-electron chi connectivity index (χ2n) is 4.89. The van der Waals surface area contributed by atoms with Gasteiger partial charge in [-0.15, -0.1) is 0 Å². The van der Waals surface area contributed by atoms with Crippen LogP contribution >= 0.6 is 0 Å². The standard InChI is InChI=1S/C14H15N7O2/c1-10(18-12(22)4-7-21-9-16-8-17-21)14-19-13(20-23-14)11-2-5-15-6-3-11/h2-3,5-6,8-10H,4,7H2,1H3,(H,18,22)/t10-/m1/s1. The third-order valence-corrected chi connectivity index (χ3v) is 3.16. The molecule has 0 spiro atoms. The average molecular weight is 313 g/mol. The van der Waals surface area contributed by atoms with Crippen LogP contribution in [0.5, 0.6) is 0 Å². The zero-order valence-electron chi connectivity index (χ0n) is 12.5. The van der Waals surface area contributed by atoms with Crippen molar-refractivity contribution in [2.45, 2.75) is 25.9 Å². The second-order valence-corrected chi connectivity index (χ2v) is 4.89. The van der Waals surface area contributed by atoms with Gasteiger partial charge < -0.3 is 9.84 Å². The lowest BCUT2D eigenvalue weighted by atomic mass is 10.2. The van der Waals surface area contributed by atoms with Gasteiger partial charge >= 0.3 is 0 Å². The molecule has 3 rings (SSSR count). The molecule has 118 valence electrons. The van der Waals surface area contributed by atoms with Gasteiger partial charge in [0.25, 0.3) is 0 Å². The van der Waals surface area contributed by atoms with E-state index in [1.54, 1.807) is 42.5 Å². The number of amides is 1. The van der Waals surface area contributed by atoms with E-state index in [0.717, 1.165) is 5.56 Å². The van der Waals surface area contributed by atoms with Crippen molar-refractivity contribution in [2.24, 2.45) is 0 Å². The molecule has 9 nitrogen and oxygen atoms in total. The van der Waals surface area contributed by atoms with Gasteiger partial charge in [0.1, 0.15) is 18.7 Å². The van der Waals surface area contributed by atoms with E-state index in [2.05, 4.69) is 30.5 Å². The highest BCUT2D eigenvalue weighted by Gasteiger charge is 2.17. The maximum absolute atomic E-state index is 11.9. The van der Waals surface area contributed by atoms with Crippen LogP contribution in [0.25, 0.3) is 11.4 Å². The van der Waals surface area contributed by atoms with E-state index in [1.807, 2.05) is 0 Å². The van der Waals surface area contributed by atoms with E-state index < -0.39 is 0 Å². The van der Waals surface area contributed by atoms with Crippen molar-refractivity contribution >= 4 is 5.91 Å². The number of aromatic nitrogens is 6. The van der Waals surface area contributed by atoms with Crippen molar-refractivity contribution in [1.82, 2.24) is 35.2 Å². The highest BCUT2D eigenvalue weighted by atomic mass is 16.5. The molecule has 1 amide bonds. The molecular formula is C14H15N7O2. The Morgan fingerprint density at radius 3 is 2.91 bits per heavy atom. The van der Waals surface area contributed by atoms with E-state index in [0.29, 0.717) is 24.7 Å². The van der Waals surface area contributed by atoms with Crippen molar-refractivity contribution in [3.63, 3.8) is 0 Å². The third-order valence-electron chi connectivity index (χ3n) is 3.16. The molecule has 0 bridgehead atoms. The van der Waals surface area contributed by atoms with Crippen LogP contribution in [0, 0.1) is 0 Å². The van der Waals surface area contributed by atoms with Crippen molar-refractivity contribution in [1.29, 1.82) is 0 Å². The van der Waals surface area contributed by atoms with Crippen LogP contribution in [0.1, 0.15) is 25.3 Å². The molecule has 1 N–H and O–H groups in total. The van der Waals surface area contributed by atoms with Gasteiger partial charge in [0.15, 0.2) is 0 Å². The number of hydrogen-bond donors (Lipinski definition) is 1.